The van der Waals surface area contributed by atoms with Crippen LogP contribution >= 0.6 is 23.2 Å². The number of hydrogen-bond acceptors (Lipinski definition) is 4. The van der Waals surface area contributed by atoms with E-state index in [-0.39, 0.29) is 18.7 Å². The van der Waals surface area contributed by atoms with E-state index in [1.807, 2.05) is 49.2 Å². The number of nitrogens with zero attached hydrogens (tertiary/aromatic N) is 1. The van der Waals surface area contributed by atoms with E-state index in [9.17, 15) is 4.79 Å². The third-order valence-corrected chi connectivity index (χ3v) is 5.25. The van der Waals surface area contributed by atoms with Gasteiger partial charge in [0.15, 0.2) is 11.5 Å². The van der Waals surface area contributed by atoms with Crippen molar-refractivity contribution in [2.45, 2.75) is 26.1 Å². The fourth-order valence-corrected chi connectivity index (χ4v) is 3.04. The molecule has 1 amide bonds. The molecular formula is C19H20Cl2N2O3. The lowest BCUT2D eigenvalue weighted by molar-refractivity contribution is -0.125. The van der Waals surface area contributed by atoms with Gasteiger partial charge >= 0.3 is 0 Å². The number of fused-ring (bicyclic) bond motifs is 1. The minimum Gasteiger partial charge on any atom is -0.454 e. The molecule has 26 heavy (non-hydrogen) atoms. The Bertz CT molecular complexity index is 813. The van der Waals surface area contributed by atoms with Gasteiger partial charge in [-0.15, -0.1) is 0 Å². The Balaban J connectivity index is 1.56. The SMILES string of the molecule is CC(C(=O)NCc1ccc2c(c1)OCO2)N(C)Cc1cccc(Cl)c1Cl. The number of hydrogen-bond donors (Lipinski definition) is 1. The first kappa shape index (κ1) is 18.8. The van der Waals surface area contributed by atoms with Gasteiger partial charge < -0.3 is 14.8 Å². The number of nitrogens with one attached hydrogen (secondary N) is 1. The van der Waals surface area contributed by atoms with E-state index in [1.165, 1.54) is 0 Å². The Kier molecular flexibility index (Phi) is 5.91. The highest BCUT2D eigenvalue weighted by atomic mass is 35.5. The molecule has 0 fully saturated rings. The molecule has 2 aromatic rings. The van der Waals surface area contributed by atoms with Gasteiger partial charge in [-0.05, 0) is 43.3 Å². The molecule has 0 aliphatic carbocycles. The van der Waals surface area contributed by atoms with Gasteiger partial charge in [0.2, 0.25) is 12.7 Å². The smallest absolute Gasteiger partial charge is 0.237 e. The second kappa shape index (κ2) is 8.16. The molecule has 1 heterocycles. The summed E-state index contributed by atoms with van der Waals surface area (Å²) in [6, 6.07) is 10.8. The molecule has 1 N–H and O–H groups in total. The van der Waals surface area contributed by atoms with Gasteiger partial charge in [-0.2, -0.15) is 0 Å². The Morgan fingerprint density at radius 1 is 1.23 bits per heavy atom. The Hall–Kier alpha value is -1.95. The lowest BCUT2D eigenvalue weighted by Crippen LogP contribution is -2.42. The van der Waals surface area contributed by atoms with Crippen LogP contribution in [0.4, 0.5) is 0 Å². The van der Waals surface area contributed by atoms with Gasteiger partial charge in [0, 0.05) is 13.1 Å². The second-order valence-electron chi connectivity index (χ2n) is 6.21. The van der Waals surface area contributed by atoms with Crippen LogP contribution in [0.25, 0.3) is 0 Å². The average Bonchev–Trinajstić information content (AvgIpc) is 3.10. The van der Waals surface area contributed by atoms with Crippen LogP contribution in [0.15, 0.2) is 36.4 Å². The fourth-order valence-electron chi connectivity index (χ4n) is 2.66. The van der Waals surface area contributed by atoms with E-state index in [0.717, 1.165) is 16.9 Å². The predicted octanol–water partition coefficient (Wildman–Crippen LogP) is 3.86. The van der Waals surface area contributed by atoms with Crippen LogP contribution in [-0.4, -0.2) is 30.7 Å². The highest BCUT2D eigenvalue weighted by Gasteiger charge is 2.20. The van der Waals surface area contributed by atoms with Crippen LogP contribution in [0.1, 0.15) is 18.1 Å². The van der Waals surface area contributed by atoms with Gasteiger partial charge in [-0.25, -0.2) is 0 Å². The molecule has 1 aliphatic heterocycles. The monoisotopic (exact) mass is 394 g/mol. The van der Waals surface area contributed by atoms with Crippen LogP contribution in [0.3, 0.4) is 0 Å². The van der Waals surface area contributed by atoms with Crippen LogP contribution in [0, 0.1) is 0 Å². The average molecular weight is 395 g/mol. The number of rotatable bonds is 6. The minimum absolute atomic E-state index is 0.0664. The molecule has 138 valence electrons. The molecule has 1 unspecified atom stereocenters. The topological polar surface area (TPSA) is 50.8 Å². The van der Waals surface area contributed by atoms with Gasteiger partial charge in [0.1, 0.15) is 0 Å². The third kappa shape index (κ3) is 4.23. The second-order valence-corrected chi connectivity index (χ2v) is 6.99. The molecule has 2 aromatic carbocycles. The first-order valence-electron chi connectivity index (χ1n) is 8.25. The third-order valence-electron chi connectivity index (χ3n) is 4.40. The first-order chi connectivity index (χ1) is 12.5. The van der Waals surface area contributed by atoms with Crippen LogP contribution in [0.2, 0.25) is 10.0 Å². The molecule has 0 saturated heterocycles. The quantitative estimate of drug-likeness (QED) is 0.807. The number of halogens is 2. The van der Waals surface area contributed by atoms with E-state index < -0.39 is 0 Å². The fraction of sp³-hybridized carbons (Fsp3) is 0.316. The highest BCUT2D eigenvalue weighted by Crippen LogP contribution is 2.32. The first-order valence-corrected chi connectivity index (χ1v) is 9.00. The molecule has 7 heteroatoms. The lowest BCUT2D eigenvalue weighted by atomic mass is 10.1. The van der Waals surface area contributed by atoms with Crippen LogP contribution in [-0.2, 0) is 17.9 Å². The van der Waals surface area contributed by atoms with Crippen molar-refractivity contribution in [3.63, 3.8) is 0 Å². The van der Waals surface area contributed by atoms with Crippen molar-refractivity contribution in [1.82, 2.24) is 10.2 Å². The van der Waals surface area contributed by atoms with Crippen molar-refractivity contribution in [1.29, 1.82) is 0 Å². The lowest BCUT2D eigenvalue weighted by Gasteiger charge is -2.24. The summed E-state index contributed by atoms with van der Waals surface area (Å²) in [6.45, 7) is 3.04. The molecule has 0 aromatic heterocycles. The highest BCUT2D eigenvalue weighted by molar-refractivity contribution is 6.42. The van der Waals surface area contributed by atoms with Crippen molar-refractivity contribution >= 4 is 29.1 Å². The normalized spacial score (nSPS) is 13.7. The number of carbonyl (C=O) groups is 1. The summed E-state index contributed by atoms with van der Waals surface area (Å²) < 4.78 is 10.6. The Morgan fingerprint density at radius 2 is 2.00 bits per heavy atom. The molecule has 3 rings (SSSR count). The van der Waals surface area contributed by atoms with Crippen LogP contribution in [0.5, 0.6) is 11.5 Å². The Morgan fingerprint density at radius 3 is 2.81 bits per heavy atom. The summed E-state index contributed by atoms with van der Waals surface area (Å²) >= 11 is 12.3. The zero-order valence-corrected chi connectivity index (χ0v) is 16.1. The van der Waals surface area contributed by atoms with Gasteiger partial charge in [0.25, 0.3) is 0 Å². The van der Waals surface area contributed by atoms with Crippen molar-refractivity contribution in [3.05, 3.63) is 57.6 Å². The maximum absolute atomic E-state index is 12.5. The van der Waals surface area contributed by atoms with Crippen molar-refractivity contribution < 1.29 is 14.3 Å². The summed E-state index contributed by atoms with van der Waals surface area (Å²) in [5.74, 6) is 1.37. The van der Waals surface area contributed by atoms with Gasteiger partial charge in [0.05, 0.1) is 16.1 Å². The summed E-state index contributed by atoms with van der Waals surface area (Å²) in [4.78, 5) is 14.4. The van der Waals surface area contributed by atoms with Gasteiger partial charge in [-0.1, -0.05) is 41.4 Å². The largest absolute Gasteiger partial charge is 0.454 e. The summed E-state index contributed by atoms with van der Waals surface area (Å²) in [7, 11) is 1.88. The standard InChI is InChI=1S/C19H20Cl2N2O3/c1-12(23(2)10-14-4-3-5-15(20)18(14)21)19(24)22-9-13-6-7-16-17(8-13)26-11-25-16/h3-8,12H,9-11H2,1-2H3,(H,22,24). The maximum Gasteiger partial charge on any atom is 0.237 e. The van der Waals surface area contributed by atoms with E-state index in [0.29, 0.717) is 28.9 Å². The number of amides is 1. The maximum atomic E-state index is 12.5. The molecule has 0 spiro atoms. The number of carbonyl (C=O) groups excluding carboxylic acids is 1. The zero-order chi connectivity index (χ0) is 18.7. The molecule has 0 saturated carbocycles. The van der Waals surface area contributed by atoms with Crippen LogP contribution < -0.4 is 14.8 Å². The van der Waals surface area contributed by atoms with Crippen molar-refractivity contribution in [3.8, 4) is 11.5 Å². The molecular weight excluding hydrogens is 375 g/mol. The molecule has 0 radical (unpaired) electrons. The molecule has 1 aliphatic rings. The van der Waals surface area contributed by atoms with E-state index in [2.05, 4.69) is 5.32 Å². The minimum atomic E-state index is -0.320. The molecule has 5 nitrogen and oxygen atoms in total. The molecule has 1 atom stereocenters. The van der Waals surface area contributed by atoms with Gasteiger partial charge in [-0.3, -0.25) is 9.69 Å². The zero-order valence-electron chi connectivity index (χ0n) is 14.6. The number of likely N-dealkylation sites (N-methyl/N-ethyl adjacent to an activating group) is 1. The number of ether oxygens (including phenoxy) is 2. The number of benzene rings is 2. The van der Waals surface area contributed by atoms with E-state index in [1.54, 1.807) is 6.07 Å². The van der Waals surface area contributed by atoms with Crippen molar-refractivity contribution in [2.75, 3.05) is 13.8 Å². The summed E-state index contributed by atoms with van der Waals surface area (Å²) in [5, 5.41) is 3.98. The Labute approximate surface area is 162 Å². The summed E-state index contributed by atoms with van der Waals surface area (Å²) in [5.41, 5.74) is 1.84. The van der Waals surface area contributed by atoms with E-state index in [4.69, 9.17) is 32.7 Å². The van der Waals surface area contributed by atoms with E-state index >= 15 is 0 Å². The van der Waals surface area contributed by atoms with Crippen molar-refractivity contribution in [2.24, 2.45) is 0 Å². The predicted molar refractivity (Wildman–Crippen MR) is 102 cm³/mol. The summed E-state index contributed by atoms with van der Waals surface area (Å²) in [6.07, 6.45) is 0. The molecule has 0 bridgehead atoms.